The third kappa shape index (κ3) is 3.62. The second kappa shape index (κ2) is 6.60. The molecule has 0 amide bonds. The fourth-order valence-electron chi connectivity index (χ4n) is 1.76. The topological polar surface area (TPSA) is 86.5 Å². The van der Waals surface area contributed by atoms with Crippen molar-refractivity contribution in [3.8, 4) is 5.88 Å². The molecular formula is C15H17N3O3. The monoisotopic (exact) mass is 287 g/mol. The van der Waals surface area contributed by atoms with E-state index in [9.17, 15) is 4.79 Å². The van der Waals surface area contributed by atoms with Crippen molar-refractivity contribution in [2.45, 2.75) is 6.92 Å². The highest BCUT2D eigenvalue weighted by Crippen LogP contribution is 2.22. The molecule has 0 aliphatic rings. The Morgan fingerprint density at radius 1 is 1.29 bits per heavy atom. The Morgan fingerprint density at radius 3 is 2.67 bits per heavy atom. The van der Waals surface area contributed by atoms with E-state index >= 15 is 0 Å². The predicted molar refractivity (Wildman–Crippen MR) is 80.9 cm³/mol. The minimum absolute atomic E-state index is 0.304. The predicted octanol–water partition coefficient (Wildman–Crippen LogP) is 2.59. The lowest BCUT2D eigenvalue weighted by Crippen LogP contribution is -2.08. The van der Waals surface area contributed by atoms with E-state index in [0.29, 0.717) is 23.7 Å². The van der Waals surface area contributed by atoms with E-state index in [-0.39, 0.29) is 0 Å². The standard InChI is InChI=1S/C15H17N3O3/c1-3-21-15(19)12-8-10(4-6-13(12)16)18-11-5-7-14(20-2)17-9-11/h4-9,18H,3,16H2,1-2H3. The van der Waals surface area contributed by atoms with Gasteiger partial charge in [-0.25, -0.2) is 9.78 Å². The van der Waals surface area contributed by atoms with Gasteiger partial charge in [-0.15, -0.1) is 0 Å². The van der Waals surface area contributed by atoms with Crippen LogP contribution in [0.3, 0.4) is 0 Å². The van der Waals surface area contributed by atoms with Gasteiger partial charge in [-0.1, -0.05) is 0 Å². The number of nitrogens with zero attached hydrogens (tertiary/aromatic N) is 1. The van der Waals surface area contributed by atoms with Crippen LogP contribution in [-0.4, -0.2) is 24.7 Å². The number of nitrogens with one attached hydrogen (secondary N) is 1. The van der Waals surface area contributed by atoms with E-state index in [0.717, 1.165) is 11.4 Å². The van der Waals surface area contributed by atoms with Gasteiger partial charge in [-0.2, -0.15) is 0 Å². The number of benzene rings is 1. The Balaban J connectivity index is 2.20. The molecule has 3 N–H and O–H groups in total. The molecule has 0 aliphatic heterocycles. The minimum Gasteiger partial charge on any atom is -0.481 e. The number of carbonyl (C=O) groups is 1. The van der Waals surface area contributed by atoms with Crippen molar-refractivity contribution < 1.29 is 14.3 Å². The van der Waals surface area contributed by atoms with Gasteiger partial charge < -0.3 is 20.5 Å². The van der Waals surface area contributed by atoms with Crippen LogP contribution in [-0.2, 0) is 4.74 Å². The summed E-state index contributed by atoms with van der Waals surface area (Å²) in [5.41, 5.74) is 8.01. The van der Waals surface area contributed by atoms with Crippen molar-refractivity contribution in [1.82, 2.24) is 4.98 Å². The van der Waals surface area contributed by atoms with Crippen molar-refractivity contribution in [2.75, 3.05) is 24.8 Å². The van der Waals surface area contributed by atoms with Gasteiger partial charge in [0, 0.05) is 17.4 Å². The number of carbonyl (C=O) groups excluding carboxylic acids is 1. The smallest absolute Gasteiger partial charge is 0.340 e. The number of pyridine rings is 1. The third-order valence-corrected chi connectivity index (χ3v) is 2.78. The fourth-order valence-corrected chi connectivity index (χ4v) is 1.76. The Kier molecular flexibility index (Phi) is 4.61. The number of nitrogens with two attached hydrogens (primary N) is 1. The van der Waals surface area contributed by atoms with Crippen LogP contribution >= 0.6 is 0 Å². The summed E-state index contributed by atoms with van der Waals surface area (Å²) in [4.78, 5) is 15.9. The number of hydrogen-bond acceptors (Lipinski definition) is 6. The molecule has 2 rings (SSSR count). The molecule has 0 saturated heterocycles. The molecule has 0 saturated carbocycles. The normalized spacial score (nSPS) is 10.0. The lowest BCUT2D eigenvalue weighted by Gasteiger charge is -2.10. The van der Waals surface area contributed by atoms with Gasteiger partial charge in [0.25, 0.3) is 0 Å². The van der Waals surface area contributed by atoms with E-state index in [2.05, 4.69) is 10.3 Å². The maximum absolute atomic E-state index is 11.8. The van der Waals surface area contributed by atoms with Crippen molar-refractivity contribution in [3.05, 3.63) is 42.1 Å². The zero-order valence-electron chi connectivity index (χ0n) is 11.9. The lowest BCUT2D eigenvalue weighted by molar-refractivity contribution is 0.0527. The average Bonchev–Trinajstić information content (AvgIpc) is 2.50. The average molecular weight is 287 g/mol. The molecule has 0 fully saturated rings. The summed E-state index contributed by atoms with van der Waals surface area (Å²) < 4.78 is 9.96. The third-order valence-electron chi connectivity index (χ3n) is 2.78. The molecule has 0 spiro atoms. The van der Waals surface area contributed by atoms with E-state index in [1.54, 1.807) is 44.5 Å². The van der Waals surface area contributed by atoms with Crippen molar-refractivity contribution >= 4 is 23.0 Å². The number of anilines is 3. The van der Waals surface area contributed by atoms with Gasteiger partial charge in [0.2, 0.25) is 5.88 Å². The van der Waals surface area contributed by atoms with Gasteiger partial charge in [0.05, 0.1) is 31.2 Å². The van der Waals surface area contributed by atoms with Crippen LogP contribution < -0.4 is 15.8 Å². The number of nitrogen functional groups attached to an aromatic ring is 1. The maximum atomic E-state index is 11.8. The summed E-state index contributed by atoms with van der Waals surface area (Å²) in [6, 6.07) is 8.66. The second-order valence-electron chi connectivity index (χ2n) is 4.24. The molecule has 6 nitrogen and oxygen atoms in total. The molecule has 1 aromatic carbocycles. The van der Waals surface area contributed by atoms with Crippen LogP contribution in [0, 0.1) is 0 Å². The molecule has 2 aromatic rings. The quantitative estimate of drug-likeness (QED) is 0.649. The summed E-state index contributed by atoms with van der Waals surface area (Å²) in [7, 11) is 1.56. The Bertz CT molecular complexity index is 627. The number of esters is 1. The molecular weight excluding hydrogens is 270 g/mol. The van der Waals surface area contributed by atoms with E-state index < -0.39 is 5.97 Å². The van der Waals surface area contributed by atoms with Crippen LogP contribution in [0.25, 0.3) is 0 Å². The summed E-state index contributed by atoms with van der Waals surface area (Å²) in [6.45, 7) is 2.05. The Hall–Kier alpha value is -2.76. The number of ether oxygens (including phenoxy) is 2. The highest BCUT2D eigenvalue weighted by Gasteiger charge is 2.11. The van der Waals surface area contributed by atoms with Crippen molar-refractivity contribution in [1.29, 1.82) is 0 Å². The van der Waals surface area contributed by atoms with E-state index in [4.69, 9.17) is 15.2 Å². The Morgan fingerprint density at radius 2 is 2.05 bits per heavy atom. The molecule has 110 valence electrons. The molecule has 0 bridgehead atoms. The highest BCUT2D eigenvalue weighted by molar-refractivity contribution is 5.96. The first-order chi connectivity index (χ1) is 10.1. The van der Waals surface area contributed by atoms with E-state index in [1.165, 1.54) is 0 Å². The van der Waals surface area contributed by atoms with E-state index in [1.807, 2.05) is 6.07 Å². The zero-order valence-corrected chi connectivity index (χ0v) is 11.9. The molecule has 0 aliphatic carbocycles. The second-order valence-corrected chi connectivity index (χ2v) is 4.24. The minimum atomic E-state index is -0.438. The van der Waals surface area contributed by atoms with Crippen LogP contribution in [0.1, 0.15) is 17.3 Å². The summed E-state index contributed by atoms with van der Waals surface area (Å²) in [6.07, 6.45) is 1.64. The SMILES string of the molecule is CCOC(=O)c1cc(Nc2ccc(OC)nc2)ccc1N. The van der Waals surface area contributed by atoms with Gasteiger partial charge in [0.1, 0.15) is 0 Å². The first-order valence-electron chi connectivity index (χ1n) is 6.47. The van der Waals surface area contributed by atoms with Crippen molar-refractivity contribution in [3.63, 3.8) is 0 Å². The first kappa shape index (κ1) is 14.6. The number of rotatable bonds is 5. The van der Waals surface area contributed by atoms with Gasteiger partial charge >= 0.3 is 5.97 Å². The molecule has 1 aromatic heterocycles. The lowest BCUT2D eigenvalue weighted by atomic mass is 10.1. The van der Waals surface area contributed by atoms with Gasteiger partial charge in [0.15, 0.2) is 0 Å². The first-order valence-corrected chi connectivity index (χ1v) is 6.47. The molecule has 0 atom stereocenters. The molecule has 0 radical (unpaired) electrons. The zero-order chi connectivity index (χ0) is 15.2. The maximum Gasteiger partial charge on any atom is 0.340 e. The number of aromatic nitrogens is 1. The Labute approximate surface area is 122 Å². The summed E-state index contributed by atoms with van der Waals surface area (Å²) in [5.74, 6) is 0.0941. The molecule has 21 heavy (non-hydrogen) atoms. The largest absolute Gasteiger partial charge is 0.481 e. The van der Waals surface area contributed by atoms with Crippen LogP contribution in [0.4, 0.5) is 17.1 Å². The van der Waals surface area contributed by atoms with Crippen LogP contribution in [0.5, 0.6) is 5.88 Å². The molecule has 0 unspecified atom stereocenters. The van der Waals surface area contributed by atoms with Crippen LogP contribution in [0.15, 0.2) is 36.5 Å². The number of methoxy groups -OCH3 is 1. The fraction of sp³-hybridized carbons (Fsp3) is 0.200. The van der Waals surface area contributed by atoms with Gasteiger partial charge in [-0.05, 0) is 31.2 Å². The van der Waals surface area contributed by atoms with Crippen LogP contribution in [0.2, 0.25) is 0 Å². The summed E-state index contributed by atoms with van der Waals surface area (Å²) in [5, 5.41) is 3.14. The van der Waals surface area contributed by atoms with Gasteiger partial charge in [-0.3, -0.25) is 0 Å². The highest BCUT2D eigenvalue weighted by atomic mass is 16.5. The molecule has 6 heteroatoms. The van der Waals surface area contributed by atoms with Crippen molar-refractivity contribution in [2.24, 2.45) is 0 Å². The summed E-state index contributed by atoms with van der Waals surface area (Å²) >= 11 is 0. The number of hydrogen-bond donors (Lipinski definition) is 2. The molecule has 1 heterocycles.